The minimum absolute atomic E-state index is 0.129. The van der Waals surface area contributed by atoms with Crippen LogP contribution in [0.5, 0.6) is 5.75 Å². The van der Waals surface area contributed by atoms with Crippen molar-refractivity contribution in [2.75, 3.05) is 13.7 Å². The molecular formula is C30H33NO2. The van der Waals surface area contributed by atoms with Gasteiger partial charge >= 0.3 is 0 Å². The first kappa shape index (κ1) is 21.8. The molecule has 33 heavy (non-hydrogen) atoms. The number of benzene rings is 3. The number of methoxy groups -OCH3 is 1. The van der Waals surface area contributed by atoms with Crippen LogP contribution in [0.4, 0.5) is 0 Å². The quantitative estimate of drug-likeness (QED) is 0.435. The standard InChI is InChI=1S/C30H33NO2/c1-29(2)17-25-18-30(3,19-29)20-31(25)28(32)24-13-14-26(27(16-24)33-4)23-12-8-11-22(15-23)21-9-6-5-7-10-21/h5-16,25H,17-20H2,1-4H3/t25-,30-/m1/s1. The Hall–Kier alpha value is -3.07. The Balaban J connectivity index is 1.45. The summed E-state index contributed by atoms with van der Waals surface area (Å²) in [5.74, 6) is 0.865. The van der Waals surface area contributed by atoms with Gasteiger partial charge in [0.05, 0.1) is 7.11 Å². The van der Waals surface area contributed by atoms with E-state index >= 15 is 0 Å². The highest BCUT2D eigenvalue weighted by atomic mass is 16.5. The molecule has 0 aromatic heterocycles. The Morgan fingerprint density at radius 3 is 2.36 bits per heavy atom. The number of fused-ring (bicyclic) bond motifs is 2. The Bertz CT molecular complexity index is 1180. The molecule has 0 N–H and O–H groups in total. The van der Waals surface area contributed by atoms with Gasteiger partial charge in [0, 0.05) is 23.7 Å². The van der Waals surface area contributed by atoms with Crippen LogP contribution in [0.25, 0.3) is 22.3 Å². The Morgan fingerprint density at radius 2 is 1.61 bits per heavy atom. The molecule has 3 aromatic carbocycles. The Labute approximate surface area is 197 Å². The molecule has 3 aromatic rings. The molecule has 3 heteroatoms. The fourth-order valence-corrected chi connectivity index (χ4v) is 6.42. The van der Waals surface area contributed by atoms with E-state index in [1.165, 1.54) is 12.0 Å². The lowest BCUT2D eigenvalue weighted by atomic mass is 9.65. The molecule has 1 aliphatic heterocycles. The van der Waals surface area contributed by atoms with E-state index in [1.807, 2.05) is 24.3 Å². The molecule has 2 aliphatic rings. The van der Waals surface area contributed by atoms with Crippen LogP contribution in [-0.2, 0) is 0 Å². The van der Waals surface area contributed by atoms with Crippen molar-refractivity contribution in [3.05, 3.63) is 78.4 Å². The molecule has 2 atom stereocenters. The smallest absolute Gasteiger partial charge is 0.254 e. The van der Waals surface area contributed by atoms with Crippen molar-refractivity contribution in [2.45, 2.75) is 46.1 Å². The minimum atomic E-state index is 0.129. The molecular weight excluding hydrogens is 406 g/mol. The van der Waals surface area contributed by atoms with Crippen LogP contribution in [0.1, 0.15) is 50.4 Å². The predicted molar refractivity (Wildman–Crippen MR) is 134 cm³/mol. The van der Waals surface area contributed by atoms with Gasteiger partial charge in [-0.2, -0.15) is 0 Å². The highest BCUT2D eigenvalue weighted by Crippen LogP contribution is 2.52. The molecule has 170 valence electrons. The SMILES string of the molecule is COc1cc(C(=O)N2C[C@]3(C)C[C@H]2CC(C)(C)C3)ccc1-c1cccc(-c2ccccc2)c1. The van der Waals surface area contributed by atoms with Gasteiger partial charge in [-0.15, -0.1) is 0 Å². The average Bonchev–Trinajstić information content (AvgIpc) is 3.07. The van der Waals surface area contributed by atoms with E-state index in [1.54, 1.807) is 7.11 Å². The van der Waals surface area contributed by atoms with Crippen molar-refractivity contribution in [1.29, 1.82) is 0 Å². The van der Waals surface area contributed by atoms with Crippen LogP contribution >= 0.6 is 0 Å². The van der Waals surface area contributed by atoms with E-state index in [0.29, 0.717) is 11.6 Å². The van der Waals surface area contributed by atoms with Crippen LogP contribution in [0.3, 0.4) is 0 Å². The van der Waals surface area contributed by atoms with Crippen molar-refractivity contribution >= 4 is 5.91 Å². The van der Waals surface area contributed by atoms with Crippen molar-refractivity contribution in [3.8, 4) is 28.0 Å². The Morgan fingerprint density at radius 1 is 0.879 bits per heavy atom. The average molecular weight is 440 g/mol. The first-order valence-electron chi connectivity index (χ1n) is 11.9. The van der Waals surface area contributed by atoms with E-state index in [-0.39, 0.29) is 16.7 Å². The maximum atomic E-state index is 13.6. The van der Waals surface area contributed by atoms with Crippen molar-refractivity contribution < 1.29 is 9.53 Å². The molecule has 1 saturated carbocycles. The van der Waals surface area contributed by atoms with Crippen molar-refractivity contribution in [1.82, 2.24) is 4.90 Å². The normalized spacial score (nSPS) is 23.4. The van der Waals surface area contributed by atoms with Gasteiger partial charge in [-0.3, -0.25) is 4.79 Å². The fourth-order valence-electron chi connectivity index (χ4n) is 6.42. The van der Waals surface area contributed by atoms with E-state index in [0.717, 1.165) is 41.8 Å². The maximum Gasteiger partial charge on any atom is 0.254 e. The number of rotatable bonds is 4. The van der Waals surface area contributed by atoms with Crippen LogP contribution in [0.15, 0.2) is 72.8 Å². The number of nitrogens with zero attached hydrogens (tertiary/aromatic N) is 1. The molecule has 5 rings (SSSR count). The molecule has 1 heterocycles. The zero-order chi connectivity index (χ0) is 23.2. The van der Waals surface area contributed by atoms with Crippen LogP contribution in [-0.4, -0.2) is 30.5 Å². The molecule has 3 nitrogen and oxygen atoms in total. The monoisotopic (exact) mass is 439 g/mol. The molecule has 2 fully saturated rings. The summed E-state index contributed by atoms with van der Waals surface area (Å²) in [6.45, 7) is 7.88. The molecule has 1 saturated heterocycles. The number of carbonyl (C=O) groups is 1. The second-order valence-corrected chi connectivity index (χ2v) is 11.0. The number of carbonyl (C=O) groups excluding carboxylic acids is 1. The zero-order valence-electron chi connectivity index (χ0n) is 20.1. The largest absolute Gasteiger partial charge is 0.496 e. The molecule has 0 unspecified atom stereocenters. The second-order valence-electron chi connectivity index (χ2n) is 11.0. The van der Waals surface area contributed by atoms with Crippen LogP contribution in [0, 0.1) is 10.8 Å². The zero-order valence-corrected chi connectivity index (χ0v) is 20.1. The van der Waals surface area contributed by atoms with Gasteiger partial charge in [0.2, 0.25) is 0 Å². The lowest BCUT2D eigenvalue weighted by Crippen LogP contribution is -2.37. The van der Waals surface area contributed by atoms with E-state index < -0.39 is 0 Å². The maximum absolute atomic E-state index is 13.6. The molecule has 1 aliphatic carbocycles. The summed E-state index contributed by atoms with van der Waals surface area (Å²) in [7, 11) is 1.68. The van der Waals surface area contributed by atoms with E-state index in [2.05, 4.69) is 74.2 Å². The van der Waals surface area contributed by atoms with Crippen LogP contribution in [0.2, 0.25) is 0 Å². The number of likely N-dealkylation sites (tertiary alicyclic amines) is 1. The third-order valence-corrected chi connectivity index (χ3v) is 7.40. The van der Waals surface area contributed by atoms with Gasteiger partial charge < -0.3 is 9.64 Å². The summed E-state index contributed by atoms with van der Waals surface area (Å²) in [5, 5.41) is 0. The lowest BCUT2D eigenvalue weighted by molar-refractivity contribution is 0.0708. The number of amides is 1. The molecule has 2 bridgehead atoms. The predicted octanol–water partition coefficient (Wildman–Crippen LogP) is 7.07. The van der Waals surface area contributed by atoms with Gasteiger partial charge in [0.1, 0.15) is 5.75 Å². The Kier molecular flexibility index (Phi) is 5.31. The first-order chi connectivity index (χ1) is 15.8. The van der Waals surface area contributed by atoms with Gasteiger partial charge in [-0.1, -0.05) is 69.3 Å². The molecule has 0 spiro atoms. The summed E-state index contributed by atoms with van der Waals surface area (Å²) in [5.41, 5.74) is 5.65. The van der Waals surface area contributed by atoms with Gasteiger partial charge in [0.15, 0.2) is 0 Å². The van der Waals surface area contributed by atoms with Gasteiger partial charge in [-0.05, 0) is 71.0 Å². The minimum Gasteiger partial charge on any atom is -0.496 e. The van der Waals surface area contributed by atoms with Gasteiger partial charge in [0.25, 0.3) is 5.91 Å². The number of ether oxygens (including phenoxy) is 1. The lowest BCUT2D eigenvalue weighted by Gasteiger charge is -2.39. The number of hydrogen-bond acceptors (Lipinski definition) is 2. The number of hydrogen-bond donors (Lipinski definition) is 0. The summed E-state index contributed by atoms with van der Waals surface area (Å²) >= 11 is 0. The summed E-state index contributed by atoms with van der Waals surface area (Å²) in [6.07, 6.45) is 3.37. The summed E-state index contributed by atoms with van der Waals surface area (Å²) in [6, 6.07) is 25.1. The highest BCUT2D eigenvalue weighted by Gasteiger charge is 2.51. The third kappa shape index (κ3) is 4.17. The molecule has 0 radical (unpaired) electrons. The van der Waals surface area contributed by atoms with Crippen molar-refractivity contribution in [2.24, 2.45) is 10.8 Å². The van der Waals surface area contributed by atoms with Crippen LogP contribution < -0.4 is 4.74 Å². The second kappa shape index (κ2) is 8.06. The van der Waals surface area contributed by atoms with Gasteiger partial charge in [-0.25, -0.2) is 0 Å². The fraction of sp³-hybridized carbons (Fsp3) is 0.367. The van der Waals surface area contributed by atoms with Crippen molar-refractivity contribution in [3.63, 3.8) is 0 Å². The summed E-state index contributed by atoms with van der Waals surface area (Å²) < 4.78 is 5.77. The van der Waals surface area contributed by atoms with E-state index in [9.17, 15) is 4.79 Å². The highest BCUT2D eigenvalue weighted by molar-refractivity contribution is 5.96. The third-order valence-electron chi connectivity index (χ3n) is 7.40. The summed E-state index contributed by atoms with van der Waals surface area (Å²) in [4.78, 5) is 15.7. The topological polar surface area (TPSA) is 29.5 Å². The molecule has 1 amide bonds. The van der Waals surface area contributed by atoms with E-state index in [4.69, 9.17) is 4.74 Å². The first-order valence-corrected chi connectivity index (χ1v) is 11.9.